The van der Waals surface area contributed by atoms with Crippen molar-refractivity contribution in [1.82, 2.24) is 10.3 Å². The predicted molar refractivity (Wildman–Crippen MR) is 64.8 cm³/mol. The van der Waals surface area contributed by atoms with E-state index in [1.54, 1.807) is 0 Å². The van der Waals surface area contributed by atoms with E-state index in [4.69, 9.17) is 5.73 Å². The van der Waals surface area contributed by atoms with Gasteiger partial charge in [0.25, 0.3) is 5.91 Å². The molecule has 108 valence electrons. The van der Waals surface area contributed by atoms with Crippen LogP contribution in [0.2, 0.25) is 0 Å². The molecule has 4 nitrogen and oxygen atoms in total. The number of hydrogen-bond donors (Lipinski definition) is 2. The van der Waals surface area contributed by atoms with Gasteiger partial charge < -0.3 is 11.1 Å². The maximum absolute atomic E-state index is 12.6. The Kier molecular flexibility index (Phi) is 2.79. The van der Waals surface area contributed by atoms with E-state index in [2.05, 4.69) is 10.3 Å². The molecule has 20 heavy (non-hydrogen) atoms. The molecule has 2 saturated carbocycles. The average molecular weight is 285 g/mol. The third kappa shape index (κ3) is 2.26. The summed E-state index contributed by atoms with van der Waals surface area (Å²) in [5.41, 5.74) is 4.89. The molecule has 1 aromatic heterocycles. The number of nitrogens with zero attached hydrogens (tertiary/aromatic N) is 1. The van der Waals surface area contributed by atoms with Gasteiger partial charge in [0.1, 0.15) is 5.69 Å². The van der Waals surface area contributed by atoms with E-state index in [-0.39, 0.29) is 23.2 Å². The zero-order chi connectivity index (χ0) is 14.5. The Labute approximate surface area is 113 Å². The van der Waals surface area contributed by atoms with Gasteiger partial charge in [-0.05, 0) is 36.8 Å². The normalized spacial score (nSPS) is 31.8. The summed E-state index contributed by atoms with van der Waals surface area (Å²) in [6, 6.07) is 1.82. The second kappa shape index (κ2) is 4.18. The summed E-state index contributed by atoms with van der Waals surface area (Å²) in [5.74, 6) is -0.565. The third-order valence-corrected chi connectivity index (χ3v) is 4.21. The molecule has 2 aliphatic carbocycles. The molecule has 1 atom stereocenters. The highest BCUT2D eigenvalue weighted by molar-refractivity contribution is 5.92. The standard InChI is InChI=1S/C13H14F3N3O/c14-13(15,16)7-1-2-18-9(3-7)11(20)19-8-4-12(5-8)6-10(12)17/h1-3,8,10H,4-6,17H2,(H,19,20). The van der Waals surface area contributed by atoms with Crippen LogP contribution in [0.1, 0.15) is 35.3 Å². The zero-order valence-electron chi connectivity index (χ0n) is 10.6. The topological polar surface area (TPSA) is 68.0 Å². The number of carbonyl (C=O) groups excluding carboxylic acids is 1. The monoisotopic (exact) mass is 285 g/mol. The van der Waals surface area contributed by atoms with Gasteiger partial charge >= 0.3 is 6.18 Å². The molecule has 1 spiro atoms. The summed E-state index contributed by atoms with van der Waals surface area (Å²) in [6.07, 6.45) is -0.894. The van der Waals surface area contributed by atoms with Crippen molar-refractivity contribution in [3.63, 3.8) is 0 Å². The van der Waals surface area contributed by atoms with Crippen molar-refractivity contribution in [2.24, 2.45) is 11.1 Å². The minimum atomic E-state index is -4.47. The summed E-state index contributed by atoms with van der Waals surface area (Å²) < 4.78 is 37.7. The van der Waals surface area contributed by atoms with Crippen LogP contribution in [0.15, 0.2) is 18.3 Å². The fourth-order valence-electron chi connectivity index (χ4n) is 2.86. The maximum Gasteiger partial charge on any atom is 0.416 e. The maximum atomic E-state index is 12.6. The van der Waals surface area contributed by atoms with Crippen molar-refractivity contribution in [1.29, 1.82) is 0 Å². The van der Waals surface area contributed by atoms with Crippen molar-refractivity contribution in [3.8, 4) is 0 Å². The Bertz CT molecular complexity index is 552. The Morgan fingerprint density at radius 2 is 2.05 bits per heavy atom. The molecule has 0 saturated heterocycles. The summed E-state index contributed by atoms with van der Waals surface area (Å²) >= 11 is 0. The molecule has 3 rings (SSSR count). The van der Waals surface area contributed by atoms with Gasteiger partial charge in [0.05, 0.1) is 5.56 Å². The molecule has 2 aliphatic rings. The first kappa shape index (κ1) is 13.4. The van der Waals surface area contributed by atoms with Crippen LogP contribution >= 0.6 is 0 Å². The Morgan fingerprint density at radius 1 is 1.40 bits per heavy atom. The zero-order valence-corrected chi connectivity index (χ0v) is 10.6. The minimum Gasteiger partial charge on any atom is -0.348 e. The molecule has 1 heterocycles. The summed E-state index contributed by atoms with van der Waals surface area (Å²) in [7, 11) is 0. The second-order valence-electron chi connectivity index (χ2n) is 5.68. The number of pyridine rings is 1. The molecule has 2 fully saturated rings. The van der Waals surface area contributed by atoms with E-state index in [1.165, 1.54) is 0 Å². The van der Waals surface area contributed by atoms with Crippen LogP contribution in [0.5, 0.6) is 0 Å². The van der Waals surface area contributed by atoms with Crippen molar-refractivity contribution in [2.75, 3.05) is 0 Å². The van der Waals surface area contributed by atoms with E-state index >= 15 is 0 Å². The molecule has 0 aliphatic heterocycles. The molecular weight excluding hydrogens is 271 g/mol. The minimum absolute atomic E-state index is 0.00704. The van der Waals surface area contributed by atoms with Crippen molar-refractivity contribution in [3.05, 3.63) is 29.6 Å². The number of carbonyl (C=O) groups is 1. The number of nitrogens with two attached hydrogens (primary N) is 1. The summed E-state index contributed by atoms with van der Waals surface area (Å²) in [5, 5.41) is 2.70. The Balaban J connectivity index is 1.63. The number of alkyl halides is 3. The van der Waals surface area contributed by atoms with Gasteiger partial charge in [0.2, 0.25) is 0 Å². The van der Waals surface area contributed by atoms with Crippen molar-refractivity contribution in [2.45, 2.75) is 37.5 Å². The number of rotatable bonds is 2. The van der Waals surface area contributed by atoms with E-state index in [0.29, 0.717) is 0 Å². The van der Waals surface area contributed by atoms with E-state index in [1.807, 2.05) is 0 Å². The predicted octanol–water partition coefficient (Wildman–Crippen LogP) is 1.71. The van der Waals surface area contributed by atoms with Gasteiger partial charge in [0.15, 0.2) is 0 Å². The fraction of sp³-hybridized carbons (Fsp3) is 0.538. The highest BCUT2D eigenvalue weighted by Gasteiger charge is 2.60. The lowest BCUT2D eigenvalue weighted by atomic mass is 9.76. The lowest BCUT2D eigenvalue weighted by Gasteiger charge is -2.36. The van der Waals surface area contributed by atoms with Crippen LogP contribution in [0, 0.1) is 5.41 Å². The van der Waals surface area contributed by atoms with Crippen LogP contribution < -0.4 is 11.1 Å². The van der Waals surface area contributed by atoms with Gasteiger partial charge in [-0.2, -0.15) is 13.2 Å². The number of amides is 1. The Hall–Kier alpha value is -1.63. The molecule has 0 radical (unpaired) electrons. The van der Waals surface area contributed by atoms with Gasteiger partial charge in [-0.25, -0.2) is 0 Å². The first-order valence-corrected chi connectivity index (χ1v) is 6.40. The van der Waals surface area contributed by atoms with E-state index in [9.17, 15) is 18.0 Å². The quantitative estimate of drug-likeness (QED) is 0.869. The molecule has 1 aromatic rings. The number of halogens is 3. The molecule has 7 heteroatoms. The first-order chi connectivity index (χ1) is 9.30. The lowest BCUT2D eigenvalue weighted by molar-refractivity contribution is -0.137. The smallest absolute Gasteiger partial charge is 0.348 e. The third-order valence-electron chi connectivity index (χ3n) is 4.21. The van der Waals surface area contributed by atoms with E-state index in [0.717, 1.165) is 37.6 Å². The molecule has 0 aromatic carbocycles. The summed E-state index contributed by atoms with van der Waals surface area (Å²) in [4.78, 5) is 15.6. The van der Waals surface area contributed by atoms with Gasteiger partial charge in [0, 0.05) is 18.3 Å². The van der Waals surface area contributed by atoms with Crippen molar-refractivity contribution < 1.29 is 18.0 Å². The van der Waals surface area contributed by atoms with Crippen LogP contribution in [-0.4, -0.2) is 23.0 Å². The Morgan fingerprint density at radius 3 is 2.60 bits per heavy atom. The van der Waals surface area contributed by atoms with Gasteiger partial charge in [-0.15, -0.1) is 0 Å². The van der Waals surface area contributed by atoms with Crippen LogP contribution in [0.25, 0.3) is 0 Å². The first-order valence-electron chi connectivity index (χ1n) is 6.40. The fourth-order valence-corrected chi connectivity index (χ4v) is 2.86. The van der Waals surface area contributed by atoms with Crippen molar-refractivity contribution >= 4 is 5.91 Å². The molecule has 1 amide bonds. The highest BCUT2D eigenvalue weighted by Crippen LogP contribution is 2.59. The van der Waals surface area contributed by atoms with Gasteiger partial charge in [-0.3, -0.25) is 9.78 Å². The van der Waals surface area contributed by atoms with Crippen LogP contribution in [0.4, 0.5) is 13.2 Å². The SMILES string of the molecule is NC1CC12CC(NC(=O)c1cc(C(F)(F)F)ccn1)C2. The lowest BCUT2D eigenvalue weighted by Crippen LogP contribution is -2.47. The summed E-state index contributed by atoms with van der Waals surface area (Å²) in [6.45, 7) is 0. The largest absolute Gasteiger partial charge is 0.416 e. The number of aromatic nitrogens is 1. The van der Waals surface area contributed by atoms with E-state index < -0.39 is 17.6 Å². The van der Waals surface area contributed by atoms with Crippen LogP contribution in [-0.2, 0) is 6.18 Å². The average Bonchev–Trinajstić information content (AvgIpc) is 2.99. The number of hydrogen-bond acceptors (Lipinski definition) is 3. The molecule has 0 bridgehead atoms. The molecule has 3 N–H and O–H groups in total. The number of nitrogens with one attached hydrogen (secondary N) is 1. The van der Waals surface area contributed by atoms with Gasteiger partial charge in [-0.1, -0.05) is 0 Å². The molecular formula is C13H14F3N3O. The second-order valence-corrected chi connectivity index (χ2v) is 5.68. The highest BCUT2D eigenvalue weighted by atomic mass is 19.4. The molecule has 1 unspecified atom stereocenters. The van der Waals surface area contributed by atoms with Crippen LogP contribution in [0.3, 0.4) is 0 Å².